The molecule has 2 heterocycles. The van der Waals surface area contributed by atoms with Gasteiger partial charge in [0.1, 0.15) is 12.1 Å². The van der Waals surface area contributed by atoms with Gasteiger partial charge in [-0.3, -0.25) is 4.52 Å². The number of rotatable bonds is 3. The molecule has 1 saturated heterocycles. The van der Waals surface area contributed by atoms with Gasteiger partial charge in [-0.05, 0) is 20.5 Å². The summed E-state index contributed by atoms with van der Waals surface area (Å²) < 4.78 is 15.1. The number of morpholine rings is 1. The first kappa shape index (κ1) is 16.5. The Bertz CT molecular complexity index is 463. The largest absolute Gasteiger partial charge is 0.600 e. The topological polar surface area (TPSA) is 87.0 Å². The van der Waals surface area contributed by atoms with Crippen LogP contribution in [0, 0.1) is 0 Å². The third kappa shape index (κ3) is 3.73. The molecular weight excluding hydrogens is 288 g/mol. The summed E-state index contributed by atoms with van der Waals surface area (Å²) in [6, 6.07) is 0. The third-order valence-electron chi connectivity index (χ3n) is 2.76. The molecule has 0 bridgehead atoms. The van der Waals surface area contributed by atoms with Gasteiger partial charge < -0.3 is 14.6 Å². The maximum atomic E-state index is 11.2. The predicted octanol–water partition coefficient (Wildman–Crippen LogP) is -0.485. The first-order chi connectivity index (χ1) is 9.03. The standard InChI is InChI=1S/C11H18N4O4.ClH/c1-4-18-10(16)12-9-7-15(13-19-9)14-5-6-17-8-11(14,2)3;/h7H,4-6,8H2,1-3H3;1H. The quantitative estimate of drug-likeness (QED) is 0.426. The Balaban J connectivity index is 0.00000200. The molecule has 0 spiro atoms. The summed E-state index contributed by atoms with van der Waals surface area (Å²) in [7, 11) is 0. The normalized spacial score (nSPS) is 18.6. The van der Waals surface area contributed by atoms with Crippen molar-refractivity contribution in [1.82, 2.24) is 5.27 Å². The molecule has 0 aromatic carbocycles. The number of nitrogens with zero attached hydrogens (tertiary/aromatic N) is 4. The van der Waals surface area contributed by atoms with Crippen LogP contribution in [0.4, 0.5) is 5.88 Å². The highest BCUT2D eigenvalue weighted by Crippen LogP contribution is 2.15. The van der Waals surface area contributed by atoms with Gasteiger partial charge in [-0.15, -0.1) is 17.4 Å². The third-order valence-corrected chi connectivity index (χ3v) is 2.76. The Hall–Kier alpha value is -1.54. The highest BCUT2D eigenvalue weighted by Gasteiger charge is 2.38. The van der Waals surface area contributed by atoms with Crippen molar-refractivity contribution in [3.63, 3.8) is 0 Å². The van der Waals surface area contributed by atoms with E-state index >= 15 is 0 Å². The maximum absolute atomic E-state index is 11.2. The van der Waals surface area contributed by atoms with Crippen molar-refractivity contribution in [2.24, 2.45) is 4.99 Å². The monoisotopic (exact) mass is 306 g/mol. The molecule has 0 aliphatic carbocycles. The van der Waals surface area contributed by atoms with Crippen molar-refractivity contribution < 1.29 is 23.9 Å². The van der Waals surface area contributed by atoms with E-state index in [1.54, 1.807) is 17.9 Å². The Morgan fingerprint density at radius 3 is 3.05 bits per heavy atom. The minimum Gasteiger partial charge on any atom is -0.600 e. The lowest BCUT2D eigenvalue weighted by atomic mass is 10.1. The van der Waals surface area contributed by atoms with Gasteiger partial charge >= 0.3 is 5.88 Å². The van der Waals surface area contributed by atoms with Crippen molar-refractivity contribution in [3.8, 4) is 0 Å². The van der Waals surface area contributed by atoms with Crippen LogP contribution in [0.3, 0.4) is 0 Å². The molecule has 1 aromatic heterocycles. The second-order valence-electron chi connectivity index (χ2n) is 4.76. The summed E-state index contributed by atoms with van der Waals surface area (Å²) in [6.45, 7) is 7.96. The van der Waals surface area contributed by atoms with E-state index in [2.05, 4.69) is 10.3 Å². The first-order valence-corrected chi connectivity index (χ1v) is 6.16. The predicted molar refractivity (Wildman–Crippen MR) is 70.6 cm³/mol. The fourth-order valence-corrected chi connectivity index (χ4v) is 1.87. The van der Waals surface area contributed by atoms with E-state index in [-0.39, 0.29) is 30.4 Å². The van der Waals surface area contributed by atoms with Crippen LogP contribution < -0.4 is 14.9 Å². The summed E-state index contributed by atoms with van der Waals surface area (Å²) >= 11 is 0. The van der Waals surface area contributed by atoms with Gasteiger partial charge in [-0.1, -0.05) is 6.92 Å². The minimum atomic E-state index is -0.688. The van der Waals surface area contributed by atoms with Crippen LogP contribution in [0.5, 0.6) is 0 Å². The SMILES string of the molecule is CCOC([O-])=Nc1c[n+](N2CCOCC2(C)C)no1.Cl. The molecule has 0 amide bonds. The average Bonchev–Trinajstić information content (AvgIpc) is 2.76. The molecule has 1 aliphatic rings. The van der Waals surface area contributed by atoms with Crippen LogP contribution in [-0.2, 0) is 9.47 Å². The van der Waals surface area contributed by atoms with Gasteiger partial charge in [0.2, 0.25) is 5.27 Å². The molecule has 0 radical (unpaired) electrons. The van der Waals surface area contributed by atoms with Gasteiger partial charge in [0.25, 0.3) is 6.20 Å². The van der Waals surface area contributed by atoms with E-state index in [4.69, 9.17) is 14.0 Å². The van der Waals surface area contributed by atoms with Crippen molar-refractivity contribution in [2.45, 2.75) is 26.3 Å². The van der Waals surface area contributed by atoms with Crippen molar-refractivity contribution >= 4 is 24.4 Å². The Kier molecular flexibility index (Phi) is 5.58. The zero-order chi connectivity index (χ0) is 13.9. The zero-order valence-electron chi connectivity index (χ0n) is 11.7. The molecule has 114 valence electrons. The number of ether oxygens (including phenoxy) is 2. The van der Waals surface area contributed by atoms with Gasteiger partial charge in [0.15, 0.2) is 6.08 Å². The lowest BCUT2D eigenvalue weighted by molar-refractivity contribution is -0.767. The van der Waals surface area contributed by atoms with E-state index in [1.807, 2.05) is 18.9 Å². The molecule has 1 aromatic rings. The summed E-state index contributed by atoms with van der Waals surface area (Å²) in [5.41, 5.74) is -0.207. The number of aromatic nitrogens is 2. The van der Waals surface area contributed by atoms with E-state index in [0.29, 0.717) is 19.8 Å². The van der Waals surface area contributed by atoms with Gasteiger partial charge in [0, 0.05) is 0 Å². The minimum absolute atomic E-state index is 0. The number of halogens is 1. The molecule has 8 nitrogen and oxygen atoms in total. The molecule has 1 aliphatic heterocycles. The van der Waals surface area contributed by atoms with Gasteiger partial charge in [-0.2, -0.15) is 4.99 Å². The van der Waals surface area contributed by atoms with E-state index in [9.17, 15) is 5.11 Å². The van der Waals surface area contributed by atoms with Crippen molar-refractivity contribution in [1.29, 1.82) is 0 Å². The molecule has 9 heteroatoms. The van der Waals surface area contributed by atoms with E-state index in [1.165, 1.54) is 0 Å². The molecule has 20 heavy (non-hydrogen) atoms. The molecule has 2 rings (SSSR count). The fraction of sp³-hybridized carbons (Fsp3) is 0.727. The molecule has 0 saturated carbocycles. The molecule has 0 atom stereocenters. The lowest BCUT2D eigenvalue weighted by Crippen LogP contribution is -2.71. The second kappa shape index (κ2) is 6.76. The Labute approximate surface area is 123 Å². The first-order valence-electron chi connectivity index (χ1n) is 6.16. The lowest BCUT2D eigenvalue weighted by Gasteiger charge is -2.35. The van der Waals surface area contributed by atoms with Gasteiger partial charge in [-0.25, -0.2) is 0 Å². The van der Waals surface area contributed by atoms with Crippen LogP contribution in [0.2, 0.25) is 0 Å². The Morgan fingerprint density at radius 2 is 2.40 bits per heavy atom. The summed E-state index contributed by atoms with van der Waals surface area (Å²) in [4.78, 5) is 5.19. The fourth-order valence-electron chi connectivity index (χ4n) is 1.87. The number of hydrogen-bond acceptors (Lipinski definition) is 7. The smallest absolute Gasteiger partial charge is 0.326 e. The molecular formula is C11H19ClN4O4. The van der Waals surface area contributed by atoms with Crippen molar-refractivity contribution in [3.05, 3.63) is 6.20 Å². The molecule has 1 fully saturated rings. The van der Waals surface area contributed by atoms with Crippen LogP contribution in [0.25, 0.3) is 0 Å². The molecule has 0 N–H and O–H groups in total. The summed E-state index contributed by atoms with van der Waals surface area (Å²) in [5, 5.41) is 17.1. The highest BCUT2D eigenvalue weighted by molar-refractivity contribution is 5.85. The van der Waals surface area contributed by atoms with Crippen LogP contribution in [0.15, 0.2) is 15.7 Å². The van der Waals surface area contributed by atoms with Gasteiger partial charge in [0.05, 0.1) is 18.0 Å². The van der Waals surface area contributed by atoms with Crippen LogP contribution in [0.1, 0.15) is 20.8 Å². The number of aliphatic imine (C=N–C) groups is 1. The van der Waals surface area contributed by atoms with Crippen molar-refractivity contribution in [2.75, 3.05) is 31.4 Å². The van der Waals surface area contributed by atoms with Crippen LogP contribution in [-0.4, -0.2) is 43.3 Å². The molecule has 0 unspecified atom stereocenters. The maximum Gasteiger partial charge on any atom is 0.326 e. The Morgan fingerprint density at radius 1 is 1.65 bits per heavy atom. The summed E-state index contributed by atoms with van der Waals surface area (Å²) in [5.74, 6) is 0.112. The summed E-state index contributed by atoms with van der Waals surface area (Å²) in [6.07, 6.45) is 0.858. The highest BCUT2D eigenvalue weighted by atomic mass is 35.5. The second-order valence-corrected chi connectivity index (χ2v) is 4.76. The van der Waals surface area contributed by atoms with E-state index < -0.39 is 6.08 Å². The average molecular weight is 307 g/mol. The van der Waals surface area contributed by atoms with Crippen LogP contribution >= 0.6 is 12.4 Å². The number of hydrogen-bond donors (Lipinski definition) is 0. The van der Waals surface area contributed by atoms with E-state index in [0.717, 1.165) is 0 Å². The zero-order valence-corrected chi connectivity index (χ0v) is 12.6.